The molecule has 0 unspecified atom stereocenters. The van der Waals surface area contributed by atoms with Crippen LogP contribution in [0.3, 0.4) is 0 Å². The number of nitro groups is 1. The Morgan fingerprint density at radius 3 is 2.64 bits per heavy atom. The van der Waals surface area contributed by atoms with Crippen molar-refractivity contribution in [2.75, 3.05) is 23.3 Å². The van der Waals surface area contributed by atoms with Gasteiger partial charge in [0, 0.05) is 36.0 Å². The smallest absolute Gasteiger partial charge is 0.293 e. The molecular formula is C25H22N4O3S. The molecule has 0 saturated carbocycles. The number of nitrogens with zero attached hydrogens (tertiary/aromatic N) is 3. The van der Waals surface area contributed by atoms with E-state index in [0.717, 1.165) is 52.3 Å². The van der Waals surface area contributed by atoms with Crippen LogP contribution in [0, 0.1) is 17.0 Å². The van der Waals surface area contributed by atoms with Gasteiger partial charge in [0.25, 0.3) is 11.6 Å². The Labute approximate surface area is 194 Å². The fraction of sp³-hybridized carbons (Fsp3) is 0.200. The minimum absolute atomic E-state index is 0.0375. The highest BCUT2D eigenvalue weighted by atomic mass is 32.1. The van der Waals surface area contributed by atoms with E-state index in [9.17, 15) is 14.9 Å². The number of aromatic nitrogens is 1. The van der Waals surface area contributed by atoms with Gasteiger partial charge in [-0.15, -0.1) is 11.3 Å². The summed E-state index contributed by atoms with van der Waals surface area (Å²) in [7, 11) is 0. The van der Waals surface area contributed by atoms with Crippen LogP contribution in [0.15, 0.2) is 60.7 Å². The van der Waals surface area contributed by atoms with E-state index in [1.54, 1.807) is 23.5 Å². The maximum absolute atomic E-state index is 13.0. The summed E-state index contributed by atoms with van der Waals surface area (Å²) in [6.45, 7) is 3.50. The molecule has 1 aromatic heterocycles. The van der Waals surface area contributed by atoms with Crippen molar-refractivity contribution in [2.45, 2.75) is 19.8 Å². The van der Waals surface area contributed by atoms with Gasteiger partial charge in [-0.2, -0.15) is 0 Å². The fourth-order valence-electron chi connectivity index (χ4n) is 4.12. The Balaban J connectivity index is 1.43. The van der Waals surface area contributed by atoms with Crippen molar-refractivity contribution in [3.05, 3.63) is 81.9 Å². The number of carbonyl (C=O) groups is 1. The largest absolute Gasteiger partial charge is 0.366 e. The summed E-state index contributed by atoms with van der Waals surface area (Å²) in [5, 5.41) is 15.5. The van der Waals surface area contributed by atoms with Crippen LogP contribution in [-0.2, 0) is 0 Å². The molecule has 0 spiro atoms. The standard InChI is InChI=1S/C25H22N4O3S/c1-16-8-9-18(25-27-19-6-2-3-7-23(19)33-25)14-20(16)26-24(30)17-10-11-21(22(15-17)29(31)32)28-12-4-5-13-28/h2-3,6-11,14-15H,4-5,12-13H2,1H3,(H,26,30). The quantitative estimate of drug-likeness (QED) is 0.291. The van der Waals surface area contributed by atoms with Gasteiger partial charge in [-0.3, -0.25) is 14.9 Å². The van der Waals surface area contributed by atoms with Gasteiger partial charge >= 0.3 is 0 Å². The van der Waals surface area contributed by atoms with E-state index >= 15 is 0 Å². The van der Waals surface area contributed by atoms with Crippen LogP contribution in [0.5, 0.6) is 0 Å². The summed E-state index contributed by atoms with van der Waals surface area (Å²) < 4.78 is 1.10. The Bertz CT molecular complexity index is 1340. The first-order valence-corrected chi connectivity index (χ1v) is 11.6. The number of aryl methyl sites for hydroxylation is 1. The van der Waals surface area contributed by atoms with E-state index in [0.29, 0.717) is 11.4 Å². The lowest BCUT2D eigenvalue weighted by molar-refractivity contribution is -0.384. The SMILES string of the molecule is Cc1ccc(-c2nc3ccccc3s2)cc1NC(=O)c1ccc(N2CCCC2)c([N+](=O)[O-])c1. The highest BCUT2D eigenvalue weighted by Crippen LogP contribution is 2.34. The highest BCUT2D eigenvalue weighted by molar-refractivity contribution is 7.21. The maximum Gasteiger partial charge on any atom is 0.293 e. The second kappa shape index (κ2) is 8.63. The van der Waals surface area contributed by atoms with E-state index < -0.39 is 4.92 Å². The summed E-state index contributed by atoms with van der Waals surface area (Å²) in [6.07, 6.45) is 2.04. The van der Waals surface area contributed by atoms with E-state index in [1.165, 1.54) is 6.07 Å². The number of carbonyl (C=O) groups excluding carboxylic acids is 1. The second-order valence-corrected chi connectivity index (χ2v) is 9.16. The number of hydrogen-bond donors (Lipinski definition) is 1. The van der Waals surface area contributed by atoms with Crippen molar-refractivity contribution >= 4 is 44.5 Å². The second-order valence-electron chi connectivity index (χ2n) is 8.13. The molecule has 0 aliphatic carbocycles. The molecule has 4 aromatic rings. The number of para-hydroxylation sites is 1. The summed E-state index contributed by atoms with van der Waals surface area (Å²) in [4.78, 5) is 31.0. The van der Waals surface area contributed by atoms with Crippen molar-refractivity contribution in [2.24, 2.45) is 0 Å². The van der Waals surface area contributed by atoms with E-state index in [1.807, 2.05) is 54.3 Å². The molecule has 1 N–H and O–H groups in total. The fourth-order valence-corrected chi connectivity index (χ4v) is 5.08. The van der Waals surface area contributed by atoms with E-state index in [-0.39, 0.29) is 17.2 Å². The third-order valence-electron chi connectivity index (χ3n) is 5.91. The van der Waals surface area contributed by atoms with Crippen LogP contribution in [0.1, 0.15) is 28.8 Å². The first-order valence-electron chi connectivity index (χ1n) is 10.8. The number of nitrogens with one attached hydrogen (secondary N) is 1. The molecule has 1 fully saturated rings. The van der Waals surface area contributed by atoms with Gasteiger partial charge in [-0.25, -0.2) is 4.98 Å². The molecule has 1 aliphatic rings. The number of anilines is 2. The molecule has 0 bridgehead atoms. The topological polar surface area (TPSA) is 88.4 Å². The first kappa shape index (κ1) is 21.1. The van der Waals surface area contributed by atoms with Gasteiger partial charge in [0.15, 0.2) is 0 Å². The van der Waals surface area contributed by atoms with Gasteiger partial charge in [-0.05, 0) is 55.7 Å². The molecule has 33 heavy (non-hydrogen) atoms. The van der Waals surface area contributed by atoms with Crippen LogP contribution in [0.4, 0.5) is 17.1 Å². The lowest BCUT2D eigenvalue weighted by Gasteiger charge is -2.18. The molecule has 0 radical (unpaired) electrons. The minimum atomic E-state index is -0.413. The Morgan fingerprint density at radius 2 is 1.88 bits per heavy atom. The van der Waals surface area contributed by atoms with Gasteiger partial charge in [0.1, 0.15) is 10.7 Å². The average Bonchev–Trinajstić information content (AvgIpc) is 3.50. The number of rotatable bonds is 5. The Morgan fingerprint density at radius 1 is 1.09 bits per heavy atom. The van der Waals surface area contributed by atoms with Gasteiger partial charge < -0.3 is 10.2 Å². The minimum Gasteiger partial charge on any atom is -0.366 e. The number of benzene rings is 3. The van der Waals surface area contributed by atoms with Gasteiger partial charge in [0.2, 0.25) is 0 Å². The van der Waals surface area contributed by atoms with Crippen LogP contribution in [0.2, 0.25) is 0 Å². The maximum atomic E-state index is 13.0. The lowest BCUT2D eigenvalue weighted by Crippen LogP contribution is -2.20. The summed E-state index contributed by atoms with van der Waals surface area (Å²) in [5.41, 5.74) is 4.20. The number of thiazole rings is 1. The van der Waals surface area contributed by atoms with Crippen LogP contribution >= 0.6 is 11.3 Å². The molecule has 5 rings (SSSR count). The third-order valence-corrected chi connectivity index (χ3v) is 6.99. The van der Waals surface area contributed by atoms with Crippen LogP contribution in [0.25, 0.3) is 20.8 Å². The van der Waals surface area contributed by atoms with Crippen molar-refractivity contribution in [3.8, 4) is 10.6 Å². The Hall–Kier alpha value is -3.78. The van der Waals surface area contributed by atoms with Gasteiger partial charge in [0.05, 0.1) is 15.1 Å². The molecule has 7 nitrogen and oxygen atoms in total. The molecule has 1 amide bonds. The van der Waals surface area contributed by atoms with E-state index in [2.05, 4.69) is 5.32 Å². The van der Waals surface area contributed by atoms with Crippen molar-refractivity contribution in [3.63, 3.8) is 0 Å². The van der Waals surface area contributed by atoms with Crippen molar-refractivity contribution in [1.29, 1.82) is 0 Å². The monoisotopic (exact) mass is 458 g/mol. The van der Waals surface area contributed by atoms with Crippen LogP contribution in [-0.4, -0.2) is 28.9 Å². The molecule has 1 aliphatic heterocycles. The van der Waals surface area contributed by atoms with Crippen LogP contribution < -0.4 is 10.2 Å². The zero-order chi connectivity index (χ0) is 22.9. The number of hydrogen-bond acceptors (Lipinski definition) is 6. The van der Waals surface area contributed by atoms with Gasteiger partial charge in [-0.1, -0.05) is 24.3 Å². The third kappa shape index (κ3) is 4.17. The highest BCUT2D eigenvalue weighted by Gasteiger charge is 2.24. The average molecular weight is 459 g/mol. The molecule has 2 heterocycles. The summed E-state index contributed by atoms with van der Waals surface area (Å²) in [6, 6.07) is 18.5. The number of amides is 1. The van der Waals surface area contributed by atoms with E-state index in [4.69, 9.17) is 4.98 Å². The van der Waals surface area contributed by atoms with Crippen molar-refractivity contribution < 1.29 is 9.72 Å². The number of nitro benzene ring substituents is 1. The van der Waals surface area contributed by atoms with Crippen molar-refractivity contribution in [1.82, 2.24) is 4.98 Å². The molecular weight excluding hydrogens is 436 g/mol. The predicted molar refractivity (Wildman–Crippen MR) is 132 cm³/mol. The first-order chi connectivity index (χ1) is 16.0. The molecule has 8 heteroatoms. The lowest BCUT2D eigenvalue weighted by atomic mass is 10.1. The zero-order valence-electron chi connectivity index (χ0n) is 18.1. The normalized spacial score (nSPS) is 13.4. The zero-order valence-corrected chi connectivity index (χ0v) is 18.9. The molecule has 0 atom stereocenters. The summed E-state index contributed by atoms with van der Waals surface area (Å²) in [5.74, 6) is -0.379. The number of fused-ring (bicyclic) bond motifs is 1. The summed E-state index contributed by atoms with van der Waals surface area (Å²) >= 11 is 1.60. The Kier molecular flexibility index (Phi) is 5.51. The molecule has 166 valence electrons. The predicted octanol–water partition coefficient (Wildman–Crippen LogP) is 6.03. The molecule has 1 saturated heterocycles. The molecule has 3 aromatic carbocycles.